The van der Waals surface area contributed by atoms with Gasteiger partial charge in [0.1, 0.15) is 5.82 Å². The number of hydrogen-bond acceptors (Lipinski definition) is 3. The van der Waals surface area contributed by atoms with E-state index in [-0.39, 0.29) is 11.9 Å². The number of aryl methyl sites for hydroxylation is 1. The summed E-state index contributed by atoms with van der Waals surface area (Å²) in [5.41, 5.74) is 2.36. The molecule has 2 aromatic rings. The number of thiophene rings is 1. The van der Waals surface area contributed by atoms with Crippen LogP contribution >= 0.6 is 11.3 Å². The van der Waals surface area contributed by atoms with Gasteiger partial charge in [0, 0.05) is 24.5 Å². The molecule has 1 unspecified atom stereocenters. The van der Waals surface area contributed by atoms with Gasteiger partial charge >= 0.3 is 0 Å². The number of nitrogens with zero attached hydrogens (tertiary/aromatic N) is 1. The van der Waals surface area contributed by atoms with Crippen molar-refractivity contribution in [3.8, 4) is 0 Å². The summed E-state index contributed by atoms with van der Waals surface area (Å²) in [6.45, 7) is 6.25. The summed E-state index contributed by atoms with van der Waals surface area (Å²) >= 11 is 1.77. The van der Waals surface area contributed by atoms with Gasteiger partial charge in [0.2, 0.25) is 0 Å². The maximum Gasteiger partial charge on any atom is 0.123 e. The second kappa shape index (κ2) is 6.69. The zero-order chi connectivity index (χ0) is 14.7. The van der Waals surface area contributed by atoms with Crippen molar-refractivity contribution in [1.82, 2.24) is 10.2 Å². The third kappa shape index (κ3) is 3.34. The number of halogens is 1. The molecule has 1 fully saturated rings. The van der Waals surface area contributed by atoms with Gasteiger partial charge in [-0.25, -0.2) is 4.39 Å². The third-order valence-corrected chi connectivity index (χ3v) is 5.13. The van der Waals surface area contributed by atoms with Crippen LogP contribution in [-0.4, -0.2) is 31.1 Å². The third-order valence-electron chi connectivity index (χ3n) is 4.05. The largest absolute Gasteiger partial charge is 0.315 e. The summed E-state index contributed by atoms with van der Waals surface area (Å²) in [6, 6.07) is 9.39. The first-order valence-corrected chi connectivity index (χ1v) is 8.38. The Kier molecular flexibility index (Phi) is 4.68. The maximum atomic E-state index is 13.7. The first-order chi connectivity index (χ1) is 10.3. The number of hydrogen-bond donors (Lipinski definition) is 1. The van der Waals surface area contributed by atoms with E-state index >= 15 is 0 Å². The minimum absolute atomic E-state index is 0.153. The van der Waals surface area contributed by atoms with Gasteiger partial charge in [0.15, 0.2) is 0 Å². The van der Waals surface area contributed by atoms with Crippen LogP contribution in [0.15, 0.2) is 35.7 Å². The van der Waals surface area contributed by atoms with Crippen LogP contribution in [0.5, 0.6) is 0 Å². The van der Waals surface area contributed by atoms with Crippen molar-refractivity contribution >= 4 is 11.3 Å². The Morgan fingerprint density at radius 2 is 2.14 bits per heavy atom. The number of nitrogens with one attached hydrogen (secondary N) is 1. The van der Waals surface area contributed by atoms with E-state index in [4.69, 9.17) is 0 Å². The summed E-state index contributed by atoms with van der Waals surface area (Å²) < 4.78 is 13.7. The Morgan fingerprint density at radius 1 is 1.24 bits per heavy atom. The molecule has 0 aliphatic carbocycles. The molecule has 3 rings (SSSR count). The van der Waals surface area contributed by atoms with Gasteiger partial charge in [-0.3, -0.25) is 4.90 Å². The molecule has 0 bridgehead atoms. The van der Waals surface area contributed by atoms with E-state index in [9.17, 15) is 4.39 Å². The molecule has 2 nitrogen and oxygen atoms in total. The molecule has 0 saturated carbocycles. The Morgan fingerprint density at radius 3 is 2.90 bits per heavy atom. The first-order valence-electron chi connectivity index (χ1n) is 7.50. The smallest absolute Gasteiger partial charge is 0.123 e. The van der Waals surface area contributed by atoms with Crippen molar-refractivity contribution in [3.63, 3.8) is 0 Å². The average Bonchev–Trinajstić information content (AvgIpc) is 2.74. The average molecular weight is 304 g/mol. The Bertz CT molecular complexity index is 588. The van der Waals surface area contributed by atoms with Crippen molar-refractivity contribution in [2.45, 2.75) is 19.4 Å². The molecule has 2 heterocycles. The molecule has 21 heavy (non-hydrogen) atoms. The minimum atomic E-state index is -0.153. The molecule has 0 amide bonds. The fraction of sp³-hybridized carbons (Fsp3) is 0.412. The summed E-state index contributed by atoms with van der Waals surface area (Å²) in [5, 5.41) is 5.57. The van der Waals surface area contributed by atoms with Gasteiger partial charge in [-0.05, 0) is 54.6 Å². The number of benzene rings is 1. The van der Waals surface area contributed by atoms with Crippen molar-refractivity contribution in [3.05, 3.63) is 57.5 Å². The molecule has 0 spiro atoms. The van der Waals surface area contributed by atoms with Crippen LogP contribution in [0.4, 0.5) is 4.39 Å². The summed E-state index contributed by atoms with van der Waals surface area (Å²) in [4.78, 5) is 3.82. The SMILES string of the molecule is Cc1ccsc1C(c1cccc(F)c1)N1CCCNCC1. The van der Waals surface area contributed by atoms with Gasteiger partial charge in [-0.2, -0.15) is 0 Å². The molecular weight excluding hydrogens is 283 g/mol. The van der Waals surface area contributed by atoms with E-state index in [1.54, 1.807) is 17.4 Å². The molecule has 1 atom stereocenters. The molecular formula is C17H21FN2S. The van der Waals surface area contributed by atoms with Gasteiger partial charge in [-0.15, -0.1) is 11.3 Å². The monoisotopic (exact) mass is 304 g/mol. The topological polar surface area (TPSA) is 15.3 Å². The van der Waals surface area contributed by atoms with Crippen LogP contribution in [0.2, 0.25) is 0 Å². The summed E-state index contributed by atoms with van der Waals surface area (Å²) in [5.74, 6) is -0.153. The second-order valence-corrected chi connectivity index (χ2v) is 6.51. The Labute approximate surface area is 129 Å². The second-order valence-electron chi connectivity index (χ2n) is 5.56. The molecule has 1 aliphatic rings. The van der Waals surface area contributed by atoms with Crippen LogP contribution in [0.1, 0.15) is 28.5 Å². The van der Waals surface area contributed by atoms with Crippen molar-refractivity contribution in [2.24, 2.45) is 0 Å². The molecule has 1 aromatic carbocycles. The van der Waals surface area contributed by atoms with E-state index in [0.717, 1.165) is 38.2 Å². The fourth-order valence-corrected chi connectivity index (χ4v) is 4.08. The van der Waals surface area contributed by atoms with E-state index in [1.165, 1.54) is 16.5 Å². The highest BCUT2D eigenvalue weighted by molar-refractivity contribution is 7.10. The fourth-order valence-electron chi connectivity index (χ4n) is 2.99. The molecule has 112 valence electrons. The van der Waals surface area contributed by atoms with Crippen LogP contribution in [0, 0.1) is 12.7 Å². The summed E-state index contributed by atoms with van der Waals surface area (Å²) in [7, 11) is 0. The quantitative estimate of drug-likeness (QED) is 0.932. The highest BCUT2D eigenvalue weighted by atomic mass is 32.1. The van der Waals surface area contributed by atoms with Crippen molar-refractivity contribution in [2.75, 3.05) is 26.2 Å². The van der Waals surface area contributed by atoms with Crippen molar-refractivity contribution in [1.29, 1.82) is 0 Å². The molecule has 4 heteroatoms. The maximum absolute atomic E-state index is 13.7. The normalized spacial score (nSPS) is 18.4. The summed E-state index contributed by atoms with van der Waals surface area (Å²) in [6.07, 6.45) is 1.14. The lowest BCUT2D eigenvalue weighted by atomic mass is 10.0. The Balaban J connectivity index is 2.00. The van der Waals surface area contributed by atoms with Crippen LogP contribution in [0.3, 0.4) is 0 Å². The number of rotatable bonds is 3. The highest BCUT2D eigenvalue weighted by Gasteiger charge is 2.25. The highest BCUT2D eigenvalue weighted by Crippen LogP contribution is 2.34. The molecule has 1 aromatic heterocycles. The van der Waals surface area contributed by atoms with E-state index in [0.29, 0.717) is 0 Å². The Hall–Kier alpha value is -1.23. The lowest BCUT2D eigenvalue weighted by molar-refractivity contribution is 0.243. The van der Waals surface area contributed by atoms with Gasteiger partial charge in [0.05, 0.1) is 6.04 Å². The lowest BCUT2D eigenvalue weighted by Gasteiger charge is -2.31. The molecule has 1 N–H and O–H groups in total. The van der Waals surface area contributed by atoms with Crippen LogP contribution in [0.25, 0.3) is 0 Å². The predicted molar refractivity (Wildman–Crippen MR) is 86.4 cm³/mol. The van der Waals surface area contributed by atoms with Crippen LogP contribution < -0.4 is 5.32 Å². The first kappa shape index (κ1) is 14.7. The molecule has 1 saturated heterocycles. The van der Waals surface area contributed by atoms with Gasteiger partial charge < -0.3 is 5.32 Å². The van der Waals surface area contributed by atoms with Crippen molar-refractivity contribution < 1.29 is 4.39 Å². The zero-order valence-corrected chi connectivity index (χ0v) is 13.1. The van der Waals surface area contributed by atoms with E-state index in [1.807, 2.05) is 12.1 Å². The van der Waals surface area contributed by atoms with E-state index < -0.39 is 0 Å². The molecule has 1 aliphatic heterocycles. The predicted octanol–water partition coefficient (Wildman–Crippen LogP) is 3.58. The lowest BCUT2D eigenvalue weighted by Crippen LogP contribution is -2.33. The zero-order valence-electron chi connectivity index (χ0n) is 12.3. The van der Waals surface area contributed by atoms with Crippen LogP contribution in [-0.2, 0) is 0 Å². The van der Waals surface area contributed by atoms with Gasteiger partial charge in [-0.1, -0.05) is 12.1 Å². The molecule has 0 radical (unpaired) electrons. The van der Waals surface area contributed by atoms with E-state index in [2.05, 4.69) is 28.6 Å². The standard InChI is InChI=1S/C17H21FN2S/c1-13-6-11-21-17(13)16(14-4-2-5-15(18)12-14)20-9-3-7-19-8-10-20/h2,4-6,11-12,16,19H,3,7-10H2,1H3. The minimum Gasteiger partial charge on any atom is -0.315 e. The van der Waals surface area contributed by atoms with Gasteiger partial charge in [0.25, 0.3) is 0 Å².